The van der Waals surface area contributed by atoms with E-state index >= 15 is 0 Å². The first-order valence-electron chi connectivity index (χ1n) is 9.35. The van der Waals surface area contributed by atoms with Gasteiger partial charge in [-0.25, -0.2) is 0 Å². The monoisotopic (exact) mass is 326 g/mol. The third-order valence-corrected chi connectivity index (χ3v) is 4.88. The highest BCUT2D eigenvalue weighted by atomic mass is 15.2. The Kier molecular flexibility index (Phi) is 6.30. The van der Waals surface area contributed by atoms with Crippen molar-refractivity contribution in [1.82, 2.24) is 15.5 Å². The van der Waals surface area contributed by atoms with Gasteiger partial charge in [0.2, 0.25) is 0 Å². The van der Waals surface area contributed by atoms with Crippen LogP contribution in [-0.2, 0) is 0 Å². The van der Waals surface area contributed by atoms with Crippen LogP contribution < -0.4 is 10.6 Å². The molecule has 1 fully saturated rings. The lowest BCUT2D eigenvalue weighted by Gasteiger charge is -2.27. The Bertz CT molecular complexity index is 538. The van der Waals surface area contributed by atoms with Crippen molar-refractivity contribution in [3.63, 3.8) is 0 Å². The molecule has 0 spiro atoms. The Morgan fingerprint density at radius 1 is 1.17 bits per heavy atom. The van der Waals surface area contributed by atoms with Crippen LogP contribution in [0.25, 0.3) is 0 Å². The zero-order valence-electron chi connectivity index (χ0n) is 14.7. The molecule has 1 aromatic carbocycles. The first-order chi connectivity index (χ1) is 11.9. The maximum absolute atomic E-state index is 4.92. The summed E-state index contributed by atoms with van der Waals surface area (Å²) in [7, 11) is 0. The Morgan fingerprint density at radius 3 is 2.54 bits per heavy atom. The molecule has 0 radical (unpaired) electrons. The minimum atomic E-state index is 0.380. The summed E-state index contributed by atoms with van der Waals surface area (Å²) in [6.45, 7) is 6.20. The molecule has 24 heavy (non-hydrogen) atoms. The quantitative estimate of drug-likeness (QED) is 0.479. The molecule has 1 aliphatic carbocycles. The van der Waals surface area contributed by atoms with Crippen LogP contribution in [-0.4, -0.2) is 43.1 Å². The van der Waals surface area contributed by atoms with E-state index in [9.17, 15) is 0 Å². The molecule has 0 amide bonds. The summed E-state index contributed by atoms with van der Waals surface area (Å²) >= 11 is 0. The van der Waals surface area contributed by atoms with E-state index in [4.69, 9.17) is 4.99 Å². The van der Waals surface area contributed by atoms with Crippen LogP contribution in [0.15, 0.2) is 47.5 Å². The summed E-state index contributed by atoms with van der Waals surface area (Å²) in [6, 6.07) is 11.7. The number of rotatable bonds is 6. The van der Waals surface area contributed by atoms with Gasteiger partial charge in [0.15, 0.2) is 5.96 Å². The lowest BCUT2D eigenvalue weighted by molar-refractivity contribution is 0.251. The van der Waals surface area contributed by atoms with Crippen LogP contribution in [0.1, 0.15) is 44.2 Å². The van der Waals surface area contributed by atoms with Gasteiger partial charge in [-0.15, -0.1) is 0 Å². The first-order valence-corrected chi connectivity index (χ1v) is 9.35. The lowest BCUT2D eigenvalue weighted by atomic mass is 10.1. The smallest absolute Gasteiger partial charge is 0.191 e. The van der Waals surface area contributed by atoms with Gasteiger partial charge >= 0.3 is 0 Å². The molecule has 3 rings (SSSR count). The van der Waals surface area contributed by atoms with Crippen molar-refractivity contribution in [2.24, 2.45) is 4.99 Å². The van der Waals surface area contributed by atoms with Gasteiger partial charge in [-0.2, -0.15) is 0 Å². The highest BCUT2D eigenvalue weighted by Gasteiger charge is 2.23. The number of hydrogen-bond acceptors (Lipinski definition) is 2. The van der Waals surface area contributed by atoms with Gasteiger partial charge in [0.1, 0.15) is 0 Å². The molecule has 1 saturated heterocycles. The number of aliphatic imine (C=N–C) groups is 1. The normalized spacial score (nSPS) is 20.5. The minimum absolute atomic E-state index is 0.380. The van der Waals surface area contributed by atoms with Crippen molar-refractivity contribution in [3.8, 4) is 0 Å². The molecule has 1 heterocycles. The molecular formula is C20H30N4. The number of guanidine groups is 1. The van der Waals surface area contributed by atoms with Gasteiger partial charge in [-0.3, -0.25) is 9.89 Å². The summed E-state index contributed by atoms with van der Waals surface area (Å²) in [4.78, 5) is 7.51. The van der Waals surface area contributed by atoms with Crippen molar-refractivity contribution >= 4 is 5.96 Å². The van der Waals surface area contributed by atoms with Crippen LogP contribution in [0.4, 0.5) is 0 Å². The van der Waals surface area contributed by atoms with Crippen molar-refractivity contribution < 1.29 is 0 Å². The predicted octanol–water partition coefficient (Wildman–Crippen LogP) is 3.10. The summed E-state index contributed by atoms with van der Waals surface area (Å²) in [5.41, 5.74) is 1.38. The van der Waals surface area contributed by atoms with Crippen molar-refractivity contribution in [2.75, 3.05) is 26.2 Å². The number of likely N-dealkylation sites (tertiary alicyclic amines) is 1. The lowest BCUT2D eigenvalue weighted by Crippen LogP contribution is -2.43. The molecule has 4 nitrogen and oxygen atoms in total. The van der Waals surface area contributed by atoms with Crippen LogP contribution >= 0.6 is 0 Å². The van der Waals surface area contributed by atoms with E-state index in [-0.39, 0.29) is 0 Å². The van der Waals surface area contributed by atoms with E-state index in [0.29, 0.717) is 12.1 Å². The Hall–Kier alpha value is -1.81. The molecule has 1 unspecified atom stereocenters. The summed E-state index contributed by atoms with van der Waals surface area (Å²) < 4.78 is 0. The number of nitrogens with one attached hydrogen (secondary N) is 2. The fraction of sp³-hybridized carbons (Fsp3) is 0.550. The molecule has 1 atom stereocenters. The molecule has 1 aliphatic heterocycles. The molecule has 4 heteroatoms. The van der Waals surface area contributed by atoms with Gasteiger partial charge in [-0.05, 0) is 51.3 Å². The largest absolute Gasteiger partial charge is 0.357 e. The van der Waals surface area contributed by atoms with Crippen molar-refractivity contribution in [3.05, 3.63) is 48.0 Å². The summed E-state index contributed by atoms with van der Waals surface area (Å²) in [5.74, 6) is 0.950. The fourth-order valence-corrected chi connectivity index (χ4v) is 3.59. The van der Waals surface area contributed by atoms with Gasteiger partial charge < -0.3 is 10.6 Å². The van der Waals surface area contributed by atoms with Gasteiger partial charge in [0.25, 0.3) is 0 Å². The van der Waals surface area contributed by atoms with E-state index in [1.807, 2.05) is 0 Å². The van der Waals surface area contributed by atoms with E-state index < -0.39 is 0 Å². The second-order valence-electron chi connectivity index (χ2n) is 6.67. The maximum Gasteiger partial charge on any atom is 0.191 e. The average Bonchev–Trinajstić information content (AvgIpc) is 3.30. The van der Waals surface area contributed by atoms with Crippen molar-refractivity contribution in [1.29, 1.82) is 0 Å². The van der Waals surface area contributed by atoms with Crippen molar-refractivity contribution in [2.45, 2.75) is 44.7 Å². The van der Waals surface area contributed by atoms with E-state index in [0.717, 1.165) is 31.9 Å². The van der Waals surface area contributed by atoms with E-state index in [1.54, 1.807) is 0 Å². The fourth-order valence-electron chi connectivity index (χ4n) is 3.59. The predicted molar refractivity (Wildman–Crippen MR) is 101 cm³/mol. The number of nitrogens with zero attached hydrogens (tertiary/aromatic N) is 2. The van der Waals surface area contributed by atoms with Gasteiger partial charge in [0.05, 0.1) is 12.6 Å². The second kappa shape index (κ2) is 8.88. The number of benzene rings is 1. The molecule has 0 bridgehead atoms. The SMILES string of the molecule is CCNC(=NCC(c1ccccc1)N1CCCC1)NC1CC=CC1. The van der Waals surface area contributed by atoms with E-state index in [2.05, 4.69) is 64.9 Å². The minimum Gasteiger partial charge on any atom is -0.357 e. The number of hydrogen-bond donors (Lipinski definition) is 2. The Balaban J connectivity index is 1.69. The van der Waals surface area contributed by atoms with E-state index in [1.165, 1.54) is 31.5 Å². The maximum atomic E-state index is 4.92. The second-order valence-corrected chi connectivity index (χ2v) is 6.67. The summed E-state index contributed by atoms with van der Waals surface area (Å²) in [6.07, 6.45) is 9.30. The highest BCUT2D eigenvalue weighted by Crippen LogP contribution is 2.25. The van der Waals surface area contributed by atoms with Crippen LogP contribution in [0.2, 0.25) is 0 Å². The van der Waals surface area contributed by atoms with Crippen LogP contribution in [0.3, 0.4) is 0 Å². The third kappa shape index (κ3) is 4.60. The topological polar surface area (TPSA) is 39.7 Å². The zero-order chi connectivity index (χ0) is 16.6. The summed E-state index contributed by atoms with van der Waals surface area (Å²) in [5, 5.41) is 6.97. The highest BCUT2D eigenvalue weighted by molar-refractivity contribution is 5.80. The molecule has 2 N–H and O–H groups in total. The molecular weight excluding hydrogens is 296 g/mol. The molecule has 1 aromatic rings. The Labute approximate surface area is 146 Å². The van der Waals surface area contributed by atoms with Gasteiger partial charge in [-0.1, -0.05) is 42.5 Å². The molecule has 0 saturated carbocycles. The average molecular weight is 326 g/mol. The molecule has 2 aliphatic rings. The first kappa shape index (κ1) is 17.0. The van der Waals surface area contributed by atoms with Crippen LogP contribution in [0, 0.1) is 0 Å². The standard InChI is InChI=1S/C20H30N4/c1-2-21-20(23-18-12-6-7-13-18)22-16-19(24-14-8-9-15-24)17-10-4-3-5-11-17/h3-7,10-11,18-19H,2,8-9,12-16H2,1H3,(H2,21,22,23). The zero-order valence-corrected chi connectivity index (χ0v) is 14.7. The molecule has 130 valence electrons. The third-order valence-electron chi connectivity index (χ3n) is 4.88. The van der Waals surface area contributed by atoms with Crippen LogP contribution in [0.5, 0.6) is 0 Å². The van der Waals surface area contributed by atoms with Gasteiger partial charge in [0, 0.05) is 12.6 Å². The molecule has 0 aromatic heterocycles. The Morgan fingerprint density at radius 2 is 1.88 bits per heavy atom.